The van der Waals surface area contributed by atoms with Crippen molar-refractivity contribution in [1.29, 1.82) is 0 Å². The molecule has 0 spiro atoms. The van der Waals surface area contributed by atoms with E-state index in [4.69, 9.17) is 0 Å². The summed E-state index contributed by atoms with van der Waals surface area (Å²) in [5, 5.41) is 0. The van der Waals surface area contributed by atoms with E-state index >= 15 is 0 Å². The van der Waals surface area contributed by atoms with Crippen LogP contribution in [-0.2, 0) is 0 Å². The second-order valence-corrected chi connectivity index (χ2v) is 3.24. The average molecular weight is 196 g/mol. The molecule has 0 saturated carbocycles. The van der Waals surface area contributed by atoms with Crippen molar-refractivity contribution in [3.63, 3.8) is 0 Å². The first-order chi connectivity index (χ1) is 6.49. The zero-order valence-corrected chi connectivity index (χ0v) is 7.97. The predicted octanol–water partition coefficient (Wildman–Crippen LogP) is 3.11. The van der Waals surface area contributed by atoms with Gasteiger partial charge in [0.15, 0.2) is 5.78 Å². The van der Waals surface area contributed by atoms with Crippen LogP contribution < -0.4 is 0 Å². The van der Waals surface area contributed by atoms with E-state index < -0.39 is 11.6 Å². The summed E-state index contributed by atoms with van der Waals surface area (Å²) in [4.78, 5) is 11.3. The highest BCUT2D eigenvalue weighted by molar-refractivity contribution is 6.04. The number of ketones is 1. The van der Waals surface area contributed by atoms with Crippen LogP contribution in [-0.4, -0.2) is 5.78 Å². The molecule has 74 valence electrons. The van der Waals surface area contributed by atoms with Crippen molar-refractivity contribution in [2.24, 2.45) is 0 Å². The van der Waals surface area contributed by atoms with Gasteiger partial charge in [-0.25, -0.2) is 8.78 Å². The van der Waals surface area contributed by atoms with E-state index in [1.54, 1.807) is 13.8 Å². The summed E-state index contributed by atoms with van der Waals surface area (Å²) >= 11 is 0. The molecule has 14 heavy (non-hydrogen) atoms. The van der Waals surface area contributed by atoms with E-state index in [1.165, 1.54) is 6.08 Å². The third-order valence-electron chi connectivity index (χ3n) is 1.57. The predicted molar refractivity (Wildman–Crippen MR) is 50.1 cm³/mol. The van der Waals surface area contributed by atoms with Crippen molar-refractivity contribution >= 4 is 5.78 Å². The first-order valence-electron chi connectivity index (χ1n) is 4.14. The van der Waals surface area contributed by atoms with Crippen LogP contribution in [0.1, 0.15) is 24.2 Å². The Morgan fingerprint density at radius 3 is 2.07 bits per heavy atom. The lowest BCUT2D eigenvalue weighted by molar-refractivity contribution is 0.104. The number of carbonyl (C=O) groups is 1. The number of rotatable bonds is 2. The first-order valence-corrected chi connectivity index (χ1v) is 4.14. The highest BCUT2D eigenvalue weighted by Gasteiger charge is 2.06. The van der Waals surface area contributed by atoms with Crippen LogP contribution in [0.4, 0.5) is 8.78 Å². The average Bonchev–Trinajstić information content (AvgIpc) is 2.00. The van der Waals surface area contributed by atoms with Gasteiger partial charge in [-0.3, -0.25) is 4.79 Å². The number of carbonyl (C=O) groups excluding carboxylic acids is 1. The molecule has 1 nitrogen and oxygen atoms in total. The summed E-state index contributed by atoms with van der Waals surface area (Å²) in [7, 11) is 0. The van der Waals surface area contributed by atoms with Gasteiger partial charge in [-0.05, 0) is 32.1 Å². The van der Waals surface area contributed by atoms with E-state index in [2.05, 4.69) is 0 Å². The molecule has 0 atom stereocenters. The molecule has 0 heterocycles. The summed E-state index contributed by atoms with van der Waals surface area (Å²) in [5.41, 5.74) is 0.823. The highest BCUT2D eigenvalue weighted by atomic mass is 19.1. The lowest BCUT2D eigenvalue weighted by Gasteiger charge is -1.97. The van der Waals surface area contributed by atoms with Gasteiger partial charge in [0.25, 0.3) is 0 Å². The van der Waals surface area contributed by atoms with Gasteiger partial charge < -0.3 is 0 Å². The van der Waals surface area contributed by atoms with Gasteiger partial charge in [0.1, 0.15) is 11.6 Å². The Morgan fingerprint density at radius 2 is 1.64 bits per heavy atom. The second-order valence-electron chi connectivity index (χ2n) is 3.24. The zero-order chi connectivity index (χ0) is 10.7. The maximum Gasteiger partial charge on any atom is 0.185 e. The van der Waals surface area contributed by atoms with Gasteiger partial charge in [0, 0.05) is 11.6 Å². The normalized spacial score (nSPS) is 9.71. The van der Waals surface area contributed by atoms with Gasteiger partial charge in [0.05, 0.1) is 0 Å². The third-order valence-corrected chi connectivity index (χ3v) is 1.57. The van der Waals surface area contributed by atoms with Crippen LogP contribution in [0, 0.1) is 11.6 Å². The Kier molecular flexibility index (Phi) is 3.12. The lowest BCUT2D eigenvalue weighted by Crippen LogP contribution is -1.97. The molecule has 0 aliphatic rings. The lowest BCUT2D eigenvalue weighted by atomic mass is 10.1. The van der Waals surface area contributed by atoms with Crippen molar-refractivity contribution in [2.75, 3.05) is 0 Å². The van der Waals surface area contributed by atoms with Gasteiger partial charge in [-0.2, -0.15) is 0 Å². The summed E-state index contributed by atoms with van der Waals surface area (Å²) in [5.74, 6) is -1.87. The molecule has 0 unspecified atom stereocenters. The minimum atomic E-state index is -0.740. The van der Waals surface area contributed by atoms with E-state index in [0.29, 0.717) is 0 Å². The molecule has 0 saturated heterocycles. The molecule has 1 rings (SSSR count). The number of allylic oxidation sites excluding steroid dienone is 2. The van der Waals surface area contributed by atoms with Crippen molar-refractivity contribution in [3.8, 4) is 0 Å². The Labute approximate surface area is 81.1 Å². The topological polar surface area (TPSA) is 17.1 Å². The molecular formula is C11H10F2O. The molecule has 0 fully saturated rings. The Morgan fingerprint density at radius 1 is 1.14 bits per heavy atom. The van der Waals surface area contributed by atoms with E-state index in [-0.39, 0.29) is 11.3 Å². The molecular weight excluding hydrogens is 186 g/mol. The van der Waals surface area contributed by atoms with Gasteiger partial charge in [-0.15, -0.1) is 0 Å². The van der Waals surface area contributed by atoms with Crippen LogP contribution in [0.2, 0.25) is 0 Å². The smallest absolute Gasteiger partial charge is 0.185 e. The van der Waals surface area contributed by atoms with Gasteiger partial charge >= 0.3 is 0 Å². The maximum absolute atomic E-state index is 12.7. The molecule has 0 radical (unpaired) electrons. The molecule has 0 bridgehead atoms. The Hall–Kier alpha value is -1.51. The standard InChI is InChI=1S/C11H10F2O/c1-7(2)3-11(14)8-4-9(12)6-10(13)5-8/h3-6H,1-2H3. The SMILES string of the molecule is CC(C)=CC(=O)c1cc(F)cc(F)c1. The molecule has 1 aromatic rings. The number of benzene rings is 1. The maximum atomic E-state index is 12.7. The van der Waals surface area contributed by atoms with Crippen molar-refractivity contribution in [3.05, 3.63) is 47.0 Å². The van der Waals surface area contributed by atoms with Gasteiger partial charge in [0.2, 0.25) is 0 Å². The second kappa shape index (κ2) is 4.13. The fraction of sp³-hybridized carbons (Fsp3) is 0.182. The largest absolute Gasteiger partial charge is 0.289 e. The van der Waals surface area contributed by atoms with Crippen LogP contribution >= 0.6 is 0 Å². The molecule has 0 N–H and O–H groups in total. The summed E-state index contributed by atoms with van der Waals surface area (Å²) in [6.07, 6.45) is 1.34. The molecule has 0 amide bonds. The van der Waals surface area contributed by atoms with Gasteiger partial charge in [-0.1, -0.05) is 5.57 Å². The van der Waals surface area contributed by atoms with Crippen LogP contribution in [0.25, 0.3) is 0 Å². The number of hydrogen-bond acceptors (Lipinski definition) is 1. The first kappa shape index (κ1) is 10.6. The summed E-state index contributed by atoms with van der Waals surface area (Å²) < 4.78 is 25.4. The minimum Gasteiger partial charge on any atom is -0.289 e. The van der Waals surface area contributed by atoms with Crippen molar-refractivity contribution in [1.82, 2.24) is 0 Å². The summed E-state index contributed by atoms with van der Waals surface area (Å²) in [6.45, 7) is 3.49. The fourth-order valence-electron chi connectivity index (χ4n) is 1.04. The zero-order valence-electron chi connectivity index (χ0n) is 7.97. The number of halogens is 2. The van der Waals surface area contributed by atoms with Crippen molar-refractivity contribution in [2.45, 2.75) is 13.8 Å². The molecule has 3 heteroatoms. The molecule has 1 aromatic carbocycles. The quantitative estimate of drug-likeness (QED) is 0.524. The van der Waals surface area contributed by atoms with E-state index in [0.717, 1.165) is 23.8 Å². The van der Waals surface area contributed by atoms with Crippen LogP contribution in [0.3, 0.4) is 0 Å². The molecule has 0 aliphatic heterocycles. The van der Waals surface area contributed by atoms with E-state index in [1.807, 2.05) is 0 Å². The van der Waals surface area contributed by atoms with Crippen LogP contribution in [0.15, 0.2) is 29.8 Å². The number of hydrogen-bond donors (Lipinski definition) is 0. The van der Waals surface area contributed by atoms with Crippen LogP contribution in [0.5, 0.6) is 0 Å². The molecule has 0 aromatic heterocycles. The summed E-state index contributed by atoms with van der Waals surface area (Å²) in [6, 6.07) is 2.77. The Bertz CT molecular complexity index is 370. The monoisotopic (exact) mass is 196 g/mol. The van der Waals surface area contributed by atoms with E-state index in [9.17, 15) is 13.6 Å². The molecule has 0 aliphatic carbocycles. The highest BCUT2D eigenvalue weighted by Crippen LogP contribution is 2.09. The fourth-order valence-corrected chi connectivity index (χ4v) is 1.04. The third kappa shape index (κ3) is 2.76. The Balaban J connectivity index is 3.08. The van der Waals surface area contributed by atoms with Crippen molar-refractivity contribution < 1.29 is 13.6 Å². The minimum absolute atomic E-state index is 0.0312.